The first kappa shape index (κ1) is 14.5. The number of nitro benzene ring substituents is 1. The van der Waals surface area contributed by atoms with E-state index in [1.807, 2.05) is 30.3 Å². The van der Waals surface area contributed by atoms with Crippen LogP contribution in [0.2, 0.25) is 5.02 Å². The third-order valence-corrected chi connectivity index (χ3v) is 3.44. The van der Waals surface area contributed by atoms with Crippen molar-refractivity contribution in [2.75, 3.05) is 0 Å². The van der Waals surface area contributed by atoms with Crippen molar-refractivity contribution in [3.05, 3.63) is 74.3 Å². The van der Waals surface area contributed by atoms with Crippen LogP contribution in [0.15, 0.2) is 42.5 Å². The molecule has 0 fully saturated rings. The minimum atomic E-state index is -0.354. The van der Waals surface area contributed by atoms with E-state index in [2.05, 4.69) is 5.32 Å². The third kappa shape index (κ3) is 3.56. The molecule has 5 heteroatoms. The summed E-state index contributed by atoms with van der Waals surface area (Å²) in [5, 5.41) is 14.8. The molecular weight excluding hydrogens is 276 g/mol. The van der Waals surface area contributed by atoms with E-state index in [4.69, 9.17) is 11.6 Å². The average molecular weight is 291 g/mol. The molecule has 0 amide bonds. The Kier molecular flexibility index (Phi) is 4.71. The summed E-state index contributed by atoms with van der Waals surface area (Å²) in [7, 11) is 0. The Labute approximate surface area is 122 Å². The molecule has 0 spiro atoms. The smallest absolute Gasteiger partial charge is 0.272 e. The van der Waals surface area contributed by atoms with Crippen molar-refractivity contribution in [2.24, 2.45) is 0 Å². The standard InChI is InChI=1S/C15H15ClN2O2/c1-11-6-7-12(8-15(11)18(19)20)9-17-10-13-4-2-3-5-14(13)16/h2-8,17H,9-10H2,1H3. The molecule has 20 heavy (non-hydrogen) atoms. The second-order valence-electron chi connectivity index (χ2n) is 4.57. The molecule has 104 valence electrons. The molecule has 4 nitrogen and oxygen atoms in total. The fourth-order valence-electron chi connectivity index (χ4n) is 1.94. The monoisotopic (exact) mass is 290 g/mol. The van der Waals surface area contributed by atoms with Gasteiger partial charge in [-0.05, 0) is 24.1 Å². The van der Waals surface area contributed by atoms with E-state index in [-0.39, 0.29) is 10.6 Å². The van der Waals surface area contributed by atoms with Crippen molar-refractivity contribution in [1.29, 1.82) is 0 Å². The van der Waals surface area contributed by atoms with E-state index >= 15 is 0 Å². The molecule has 2 rings (SSSR count). The van der Waals surface area contributed by atoms with Crippen LogP contribution in [0, 0.1) is 17.0 Å². The van der Waals surface area contributed by atoms with E-state index < -0.39 is 0 Å². The van der Waals surface area contributed by atoms with Crippen molar-refractivity contribution in [2.45, 2.75) is 20.0 Å². The zero-order chi connectivity index (χ0) is 14.5. The van der Waals surface area contributed by atoms with Gasteiger partial charge in [0.05, 0.1) is 4.92 Å². The number of rotatable bonds is 5. The molecule has 2 aromatic carbocycles. The first-order valence-electron chi connectivity index (χ1n) is 6.26. The Bertz CT molecular complexity index is 629. The predicted molar refractivity (Wildman–Crippen MR) is 79.8 cm³/mol. The van der Waals surface area contributed by atoms with Gasteiger partial charge in [-0.25, -0.2) is 0 Å². The van der Waals surface area contributed by atoms with Crippen molar-refractivity contribution in [3.63, 3.8) is 0 Å². The minimum Gasteiger partial charge on any atom is -0.309 e. The summed E-state index contributed by atoms with van der Waals surface area (Å²) in [6.45, 7) is 2.92. The highest BCUT2D eigenvalue weighted by Gasteiger charge is 2.10. The van der Waals surface area contributed by atoms with Gasteiger partial charge in [0.1, 0.15) is 0 Å². The van der Waals surface area contributed by atoms with Crippen LogP contribution in [0.5, 0.6) is 0 Å². The van der Waals surface area contributed by atoms with E-state index in [0.717, 1.165) is 16.1 Å². The van der Waals surface area contributed by atoms with Crippen LogP contribution < -0.4 is 5.32 Å². The Morgan fingerprint density at radius 2 is 1.95 bits per heavy atom. The molecule has 0 aliphatic rings. The van der Waals surface area contributed by atoms with Crippen LogP contribution in [0.1, 0.15) is 16.7 Å². The Morgan fingerprint density at radius 1 is 1.20 bits per heavy atom. The fraction of sp³-hybridized carbons (Fsp3) is 0.200. The molecule has 0 unspecified atom stereocenters. The number of halogens is 1. The molecule has 0 aliphatic heterocycles. The highest BCUT2D eigenvalue weighted by molar-refractivity contribution is 6.31. The van der Waals surface area contributed by atoms with Gasteiger partial charge >= 0.3 is 0 Å². The van der Waals surface area contributed by atoms with Gasteiger partial charge in [0.2, 0.25) is 0 Å². The summed E-state index contributed by atoms with van der Waals surface area (Å²) >= 11 is 6.06. The van der Waals surface area contributed by atoms with Gasteiger partial charge in [-0.2, -0.15) is 0 Å². The van der Waals surface area contributed by atoms with Gasteiger partial charge < -0.3 is 5.32 Å². The van der Waals surface area contributed by atoms with E-state index in [0.29, 0.717) is 18.7 Å². The zero-order valence-electron chi connectivity index (χ0n) is 11.1. The number of hydrogen-bond acceptors (Lipinski definition) is 3. The SMILES string of the molecule is Cc1ccc(CNCc2ccccc2Cl)cc1[N+](=O)[O-]. The summed E-state index contributed by atoms with van der Waals surface area (Å²) in [6.07, 6.45) is 0. The van der Waals surface area contributed by atoms with Gasteiger partial charge in [-0.1, -0.05) is 41.9 Å². The molecule has 0 bridgehead atoms. The number of hydrogen-bond donors (Lipinski definition) is 1. The van der Waals surface area contributed by atoms with Crippen molar-refractivity contribution >= 4 is 17.3 Å². The number of nitro groups is 1. The number of nitrogens with zero attached hydrogens (tertiary/aromatic N) is 1. The predicted octanol–water partition coefficient (Wildman–Crippen LogP) is 3.85. The number of aryl methyl sites for hydroxylation is 1. The largest absolute Gasteiger partial charge is 0.309 e. The lowest BCUT2D eigenvalue weighted by Crippen LogP contribution is -2.13. The Hall–Kier alpha value is -1.91. The summed E-state index contributed by atoms with van der Waals surface area (Å²) in [5.41, 5.74) is 2.72. The number of nitrogens with one attached hydrogen (secondary N) is 1. The molecule has 0 atom stereocenters. The van der Waals surface area contributed by atoms with Crippen molar-refractivity contribution in [1.82, 2.24) is 5.32 Å². The van der Waals surface area contributed by atoms with Crippen LogP contribution in [-0.2, 0) is 13.1 Å². The second-order valence-corrected chi connectivity index (χ2v) is 4.98. The lowest BCUT2D eigenvalue weighted by molar-refractivity contribution is -0.385. The second kappa shape index (κ2) is 6.50. The molecule has 0 aromatic heterocycles. The maximum Gasteiger partial charge on any atom is 0.272 e. The third-order valence-electron chi connectivity index (χ3n) is 3.07. The Morgan fingerprint density at radius 3 is 2.65 bits per heavy atom. The minimum absolute atomic E-state index is 0.155. The highest BCUT2D eigenvalue weighted by Crippen LogP contribution is 2.19. The van der Waals surface area contributed by atoms with E-state index in [9.17, 15) is 10.1 Å². The average Bonchev–Trinajstić information content (AvgIpc) is 2.42. The molecular formula is C15H15ClN2O2. The highest BCUT2D eigenvalue weighted by atomic mass is 35.5. The molecule has 0 aliphatic carbocycles. The number of benzene rings is 2. The van der Waals surface area contributed by atoms with Gasteiger partial charge in [0.15, 0.2) is 0 Å². The van der Waals surface area contributed by atoms with E-state index in [1.165, 1.54) is 0 Å². The topological polar surface area (TPSA) is 55.2 Å². The van der Waals surface area contributed by atoms with Gasteiger partial charge in [-0.15, -0.1) is 0 Å². The van der Waals surface area contributed by atoms with E-state index in [1.54, 1.807) is 19.1 Å². The maximum absolute atomic E-state index is 10.9. The van der Waals surface area contributed by atoms with Crippen LogP contribution in [0.25, 0.3) is 0 Å². The summed E-state index contributed by atoms with van der Waals surface area (Å²) < 4.78 is 0. The van der Waals surface area contributed by atoms with Gasteiger partial charge in [-0.3, -0.25) is 10.1 Å². The van der Waals surface area contributed by atoms with Crippen LogP contribution in [-0.4, -0.2) is 4.92 Å². The van der Waals surface area contributed by atoms with Gasteiger partial charge in [0, 0.05) is 29.7 Å². The molecule has 0 heterocycles. The first-order chi connectivity index (χ1) is 9.58. The van der Waals surface area contributed by atoms with Crippen LogP contribution in [0.3, 0.4) is 0 Å². The molecule has 0 radical (unpaired) electrons. The lowest BCUT2D eigenvalue weighted by atomic mass is 10.1. The molecule has 0 saturated heterocycles. The Balaban J connectivity index is 2.00. The molecule has 0 saturated carbocycles. The maximum atomic E-state index is 10.9. The lowest BCUT2D eigenvalue weighted by Gasteiger charge is -2.07. The fourth-order valence-corrected chi connectivity index (χ4v) is 2.15. The molecule has 2 aromatic rings. The summed E-state index contributed by atoms with van der Waals surface area (Å²) in [4.78, 5) is 10.5. The van der Waals surface area contributed by atoms with Gasteiger partial charge in [0.25, 0.3) is 5.69 Å². The first-order valence-corrected chi connectivity index (χ1v) is 6.64. The summed E-state index contributed by atoms with van der Waals surface area (Å²) in [6, 6.07) is 12.9. The molecule has 1 N–H and O–H groups in total. The van der Waals surface area contributed by atoms with Crippen LogP contribution >= 0.6 is 11.6 Å². The van der Waals surface area contributed by atoms with Crippen LogP contribution in [0.4, 0.5) is 5.69 Å². The zero-order valence-corrected chi connectivity index (χ0v) is 11.9. The van der Waals surface area contributed by atoms with Crippen molar-refractivity contribution in [3.8, 4) is 0 Å². The quantitative estimate of drug-likeness (QED) is 0.672. The normalized spacial score (nSPS) is 10.5. The summed E-state index contributed by atoms with van der Waals surface area (Å²) in [5.74, 6) is 0. The van der Waals surface area contributed by atoms with Crippen molar-refractivity contribution < 1.29 is 4.92 Å².